The maximum Gasteiger partial charge on any atom is 0.340 e. The predicted octanol–water partition coefficient (Wildman–Crippen LogP) is 6.18. The molecule has 0 spiro atoms. The van der Waals surface area contributed by atoms with Crippen molar-refractivity contribution in [3.63, 3.8) is 0 Å². The van der Waals surface area contributed by atoms with Gasteiger partial charge < -0.3 is 10.1 Å². The number of carbonyl (C=O) groups excluding carboxylic acids is 1. The monoisotopic (exact) mass is 355 g/mol. The van der Waals surface area contributed by atoms with Gasteiger partial charge in [-0.25, -0.2) is 9.18 Å². The van der Waals surface area contributed by atoms with E-state index < -0.39 is 5.60 Å². The van der Waals surface area contributed by atoms with E-state index in [1.165, 1.54) is 43.4 Å². The molecular formula is C22H26FNO2. The Bertz CT molecular complexity index is 772. The number of rotatable bonds is 4. The lowest BCUT2D eigenvalue weighted by Crippen LogP contribution is -2.24. The third-order valence-corrected chi connectivity index (χ3v) is 4.61. The average molecular weight is 355 g/mol. The Kier molecular flexibility index (Phi) is 5.30. The fourth-order valence-electron chi connectivity index (χ4n) is 3.38. The first-order valence-electron chi connectivity index (χ1n) is 9.22. The molecule has 3 rings (SSSR count). The molecule has 0 heterocycles. The van der Waals surface area contributed by atoms with Crippen molar-refractivity contribution in [3.05, 3.63) is 59.4 Å². The normalized spacial score (nSPS) is 15.1. The molecule has 0 amide bonds. The molecule has 1 N–H and O–H groups in total. The van der Waals surface area contributed by atoms with Crippen LogP contribution in [-0.4, -0.2) is 11.6 Å². The van der Waals surface area contributed by atoms with E-state index in [-0.39, 0.29) is 11.8 Å². The summed E-state index contributed by atoms with van der Waals surface area (Å²) in [6.07, 6.45) is 4.86. The van der Waals surface area contributed by atoms with Gasteiger partial charge in [0.25, 0.3) is 0 Å². The van der Waals surface area contributed by atoms with E-state index in [1.807, 2.05) is 39.0 Å². The van der Waals surface area contributed by atoms with Crippen LogP contribution >= 0.6 is 0 Å². The van der Waals surface area contributed by atoms with Crippen LogP contribution in [0.25, 0.3) is 0 Å². The van der Waals surface area contributed by atoms with Crippen molar-refractivity contribution < 1.29 is 13.9 Å². The summed E-state index contributed by atoms with van der Waals surface area (Å²) in [6, 6.07) is 12.0. The molecule has 0 aromatic heterocycles. The maximum atomic E-state index is 13.2. The van der Waals surface area contributed by atoms with Crippen LogP contribution in [0.3, 0.4) is 0 Å². The highest BCUT2D eigenvalue weighted by Gasteiger charge is 2.23. The highest BCUT2D eigenvalue weighted by atomic mass is 19.1. The molecule has 4 heteroatoms. The number of halogens is 1. The van der Waals surface area contributed by atoms with Crippen molar-refractivity contribution in [3.8, 4) is 0 Å². The first-order valence-corrected chi connectivity index (χ1v) is 9.22. The van der Waals surface area contributed by atoms with E-state index in [9.17, 15) is 9.18 Å². The van der Waals surface area contributed by atoms with E-state index in [2.05, 4.69) is 5.32 Å². The highest BCUT2D eigenvalue weighted by Crippen LogP contribution is 2.36. The van der Waals surface area contributed by atoms with Crippen LogP contribution in [0.1, 0.15) is 68.3 Å². The van der Waals surface area contributed by atoms with Gasteiger partial charge in [0.1, 0.15) is 11.4 Å². The number of carbonyl (C=O) groups is 1. The van der Waals surface area contributed by atoms with Gasteiger partial charge in [-0.1, -0.05) is 18.9 Å². The number of benzene rings is 2. The fourth-order valence-corrected chi connectivity index (χ4v) is 3.38. The van der Waals surface area contributed by atoms with Crippen LogP contribution in [0.5, 0.6) is 0 Å². The van der Waals surface area contributed by atoms with Gasteiger partial charge in [0.15, 0.2) is 0 Å². The van der Waals surface area contributed by atoms with Gasteiger partial charge in [-0.3, -0.25) is 0 Å². The second-order valence-corrected chi connectivity index (χ2v) is 7.92. The Morgan fingerprint density at radius 1 is 1.08 bits per heavy atom. The third kappa shape index (κ3) is 4.63. The fraction of sp³-hybridized carbons (Fsp3) is 0.409. The summed E-state index contributed by atoms with van der Waals surface area (Å²) in [5, 5.41) is 3.26. The second kappa shape index (κ2) is 7.48. The predicted molar refractivity (Wildman–Crippen MR) is 103 cm³/mol. The van der Waals surface area contributed by atoms with Gasteiger partial charge in [0.05, 0.1) is 11.3 Å². The van der Waals surface area contributed by atoms with E-state index in [0.717, 1.165) is 5.69 Å². The minimum Gasteiger partial charge on any atom is -0.456 e. The number of hydrogen-bond donors (Lipinski definition) is 1. The van der Waals surface area contributed by atoms with Crippen LogP contribution in [0.2, 0.25) is 0 Å². The quantitative estimate of drug-likeness (QED) is 0.665. The molecule has 0 unspecified atom stereocenters. The third-order valence-electron chi connectivity index (χ3n) is 4.61. The summed E-state index contributed by atoms with van der Waals surface area (Å²) >= 11 is 0. The van der Waals surface area contributed by atoms with E-state index >= 15 is 0 Å². The maximum absolute atomic E-state index is 13.2. The molecule has 3 nitrogen and oxygen atoms in total. The van der Waals surface area contributed by atoms with Crippen molar-refractivity contribution >= 4 is 17.3 Å². The highest BCUT2D eigenvalue weighted by molar-refractivity contribution is 5.97. The average Bonchev–Trinajstić information content (AvgIpc) is 3.10. The summed E-state index contributed by atoms with van der Waals surface area (Å²) in [4.78, 5) is 12.6. The first kappa shape index (κ1) is 18.4. The molecule has 0 atom stereocenters. The minimum atomic E-state index is -0.561. The summed E-state index contributed by atoms with van der Waals surface area (Å²) in [5.41, 5.74) is 2.61. The molecule has 0 saturated heterocycles. The zero-order valence-corrected chi connectivity index (χ0v) is 15.6. The summed E-state index contributed by atoms with van der Waals surface area (Å²) in [7, 11) is 0. The van der Waals surface area contributed by atoms with E-state index in [0.29, 0.717) is 17.2 Å². The lowest BCUT2D eigenvalue weighted by atomic mass is 9.95. The molecule has 1 aliphatic carbocycles. The lowest BCUT2D eigenvalue weighted by Gasteiger charge is -2.22. The SMILES string of the molecule is CC(C)(C)OC(=O)c1ccc(C2CCCC2)cc1Nc1ccc(F)cc1. The summed E-state index contributed by atoms with van der Waals surface area (Å²) in [5.74, 6) is -0.112. The first-order chi connectivity index (χ1) is 12.3. The Morgan fingerprint density at radius 3 is 2.35 bits per heavy atom. The lowest BCUT2D eigenvalue weighted by molar-refractivity contribution is 0.00707. The minimum absolute atomic E-state index is 0.289. The molecule has 2 aromatic rings. The topological polar surface area (TPSA) is 38.3 Å². The Morgan fingerprint density at radius 2 is 1.73 bits per heavy atom. The van der Waals surface area contributed by atoms with Crippen LogP contribution < -0.4 is 5.32 Å². The van der Waals surface area contributed by atoms with Gasteiger partial charge in [0.2, 0.25) is 0 Å². The molecule has 2 aromatic carbocycles. The standard InChI is InChI=1S/C22H26FNO2/c1-22(2,3)26-21(25)19-13-8-16(15-6-4-5-7-15)14-20(19)24-18-11-9-17(23)10-12-18/h8-15,24H,4-7H2,1-3H3. The van der Waals surface area contributed by atoms with Gasteiger partial charge in [-0.05, 0) is 81.5 Å². The van der Waals surface area contributed by atoms with Crippen molar-refractivity contribution in [1.82, 2.24) is 0 Å². The summed E-state index contributed by atoms with van der Waals surface area (Å²) in [6.45, 7) is 5.56. The molecule has 26 heavy (non-hydrogen) atoms. The molecule has 0 aliphatic heterocycles. The number of ether oxygens (including phenoxy) is 1. The van der Waals surface area contributed by atoms with Crippen molar-refractivity contribution in [2.24, 2.45) is 0 Å². The van der Waals surface area contributed by atoms with Crippen LogP contribution in [0.4, 0.5) is 15.8 Å². The zero-order chi connectivity index (χ0) is 18.7. The molecule has 0 radical (unpaired) electrons. The number of esters is 1. The van der Waals surface area contributed by atoms with Crippen molar-refractivity contribution in [2.45, 2.75) is 58.0 Å². The molecule has 0 bridgehead atoms. The van der Waals surface area contributed by atoms with Crippen LogP contribution in [0, 0.1) is 5.82 Å². The van der Waals surface area contributed by atoms with Crippen molar-refractivity contribution in [2.75, 3.05) is 5.32 Å². The molecule has 138 valence electrons. The van der Waals surface area contributed by atoms with Crippen LogP contribution in [0.15, 0.2) is 42.5 Å². The smallest absolute Gasteiger partial charge is 0.340 e. The molecule has 1 saturated carbocycles. The van der Waals surface area contributed by atoms with Gasteiger partial charge in [-0.2, -0.15) is 0 Å². The van der Waals surface area contributed by atoms with E-state index in [4.69, 9.17) is 4.74 Å². The van der Waals surface area contributed by atoms with Crippen molar-refractivity contribution in [1.29, 1.82) is 0 Å². The Labute approximate surface area is 154 Å². The number of hydrogen-bond acceptors (Lipinski definition) is 3. The Balaban J connectivity index is 1.93. The second-order valence-electron chi connectivity index (χ2n) is 7.92. The van der Waals surface area contributed by atoms with Gasteiger partial charge >= 0.3 is 5.97 Å². The van der Waals surface area contributed by atoms with Crippen LogP contribution in [-0.2, 0) is 4.74 Å². The molecule has 1 aliphatic rings. The summed E-state index contributed by atoms with van der Waals surface area (Å²) < 4.78 is 18.7. The number of nitrogens with one attached hydrogen (secondary N) is 1. The number of anilines is 2. The van der Waals surface area contributed by atoms with Gasteiger partial charge in [-0.15, -0.1) is 0 Å². The molecular weight excluding hydrogens is 329 g/mol. The van der Waals surface area contributed by atoms with Gasteiger partial charge in [0, 0.05) is 5.69 Å². The Hall–Kier alpha value is -2.36. The molecule has 1 fully saturated rings. The zero-order valence-electron chi connectivity index (χ0n) is 15.6. The van der Waals surface area contributed by atoms with E-state index in [1.54, 1.807) is 12.1 Å². The largest absolute Gasteiger partial charge is 0.456 e.